The highest BCUT2D eigenvalue weighted by Crippen LogP contribution is 2.39. The molecule has 126 valence electrons. The molecule has 1 aliphatic heterocycles. The molecule has 0 bridgehead atoms. The molecule has 7 nitrogen and oxygen atoms in total. The van der Waals surface area contributed by atoms with Crippen LogP contribution in [-0.4, -0.2) is 31.1 Å². The molecular formula is C16H17BClN7. The van der Waals surface area contributed by atoms with Gasteiger partial charge in [0.05, 0.1) is 18.1 Å². The lowest BCUT2D eigenvalue weighted by Crippen LogP contribution is -2.21. The van der Waals surface area contributed by atoms with Gasteiger partial charge >= 0.3 is 0 Å². The highest BCUT2D eigenvalue weighted by Gasteiger charge is 2.30. The summed E-state index contributed by atoms with van der Waals surface area (Å²) in [7, 11) is 1.86. The van der Waals surface area contributed by atoms with E-state index in [1.165, 1.54) is 0 Å². The Labute approximate surface area is 150 Å². The van der Waals surface area contributed by atoms with Gasteiger partial charge in [0, 0.05) is 30.3 Å². The Morgan fingerprint density at radius 1 is 1.40 bits per heavy atom. The van der Waals surface area contributed by atoms with Crippen LogP contribution in [0.15, 0.2) is 18.6 Å². The van der Waals surface area contributed by atoms with Crippen LogP contribution in [0.1, 0.15) is 24.5 Å². The quantitative estimate of drug-likeness (QED) is 0.714. The standard InChI is InChI=1S/C16H17BClN7/c1-24-8-11(6-21-24)12-7-22-25-15(20)13(18)14(23-16(12)25)10-3-2-4-17(5-10)9-19/h6-8,10H,2-5,20H2,1H3. The SMILES string of the molecule is Cn1cc(-c2cnn3c(N)c(Cl)c(C4CCCB(C#N)C4)nc23)cn1. The zero-order valence-electron chi connectivity index (χ0n) is 13.9. The fourth-order valence-electron chi connectivity index (χ4n) is 3.60. The molecule has 1 saturated heterocycles. The largest absolute Gasteiger partial charge is 0.382 e. The van der Waals surface area contributed by atoms with Gasteiger partial charge in [-0.3, -0.25) is 4.68 Å². The van der Waals surface area contributed by atoms with Gasteiger partial charge in [-0.2, -0.15) is 14.7 Å². The molecule has 0 amide bonds. The molecule has 0 aliphatic carbocycles. The first-order chi connectivity index (χ1) is 12.1. The third kappa shape index (κ3) is 2.65. The lowest BCUT2D eigenvalue weighted by Gasteiger charge is -2.24. The zero-order chi connectivity index (χ0) is 17.6. The van der Waals surface area contributed by atoms with Gasteiger partial charge in [-0.1, -0.05) is 30.7 Å². The van der Waals surface area contributed by atoms with E-state index >= 15 is 0 Å². The maximum Gasteiger partial charge on any atom is 0.268 e. The molecule has 3 aromatic heterocycles. The maximum absolute atomic E-state index is 9.26. The lowest BCUT2D eigenvalue weighted by molar-refractivity contribution is 0.614. The summed E-state index contributed by atoms with van der Waals surface area (Å²) in [5, 5.41) is 18.3. The van der Waals surface area contributed by atoms with Crippen LogP contribution in [0.3, 0.4) is 0 Å². The van der Waals surface area contributed by atoms with E-state index in [1.807, 2.05) is 13.2 Å². The number of aryl methyl sites for hydroxylation is 1. The molecule has 25 heavy (non-hydrogen) atoms. The monoisotopic (exact) mass is 353 g/mol. The molecular weight excluding hydrogens is 336 g/mol. The number of nitrogens with two attached hydrogens (primary N) is 1. The summed E-state index contributed by atoms with van der Waals surface area (Å²) in [6, 6.07) is 0. The summed E-state index contributed by atoms with van der Waals surface area (Å²) in [4.78, 5) is 4.82. The average Bonchev–Trinajstić information content (AvgIpc) is 3.24. The Morgan fingerprint density at radius 3 is 2.96 bits per heavy atom. The Hall–Kier alpha value is -2.53. The number of aromatic nitrogens is 5. The van der Waals surface area contributed by atoms with Crippen LogP contribution in [0.5, 0.6) is 0 Å². The fourth-order valence-corrected chi connectivity index (χ4v) is 3.88. The van der Waals surface area contributed by atoms with Gasteiger partial charge in [0.15, 0.2) is 5.65 Å². The number of nitrogen functional groups attached to an aromatic ring is 1. The number of rotatable bonds is 2. The molecule has 1 unspecified atom stereocenters. The first-order valence-electron chi connectivity index (χ1n) is 8.29. The van der Waals surface area contributed by atoms with Crippen molar-refractivity contribution in [3.05, 3.63) is 29.3 Å². The topological polar surface area (TPSA) is 97.8 Å². The third-order valence-corrected chi connectivity index (χ3v) is 5.29. The molecule has 1 fully saturated rings. The van der Waals surface area contributed by atoms with Crippen molar-refractivity contribution in [2.45, 2.75) is 31.4 Å². The summed E-state index contributed by atoms with van der Waals surface area (Å²) >= 11 is 6.51. The molecule has 0 saturated carbocycles. The predicted molar refractivity (Wildman–Crippen MR) is 97.6 cm³/mol. The first kappa shape index (κ1) is 16.0. The smallest absolute Gasteiger partial charge is 0.268 e. The third-order valence-electron chi connectivity index (χ3n) is 4.91. The van der Waals surface area contributed by atoms with Crippen molar-refractivity contribution in [1.82, 2.24) is 24.4 Å². The highest BCUT2D eigenvalue weighted by molar-refractivity contribution is 6.67. The summed E-state index contributed by atoms with van der Waals surface area (Å²) < 4.78 is 3.30. The van der Waals surface area contributed by atoms with E-state index in [2.05, 4.69) is 16.2 Å². The molecule has 4 heterocycles. The van der Waals surface area contributed by atoms with Crippen LogP contribution >= 0.6 is 11.6 Å². The molecule has 4 rings (SSSR count). The van der Waals surface area contributed by atoms with Crippen molar-refractivity contribution in [2.24, 2.45) is 7.05 Å². The molecule has 2 N–H and O–H groups in total. The van der Waals surface area contributed by atoms with Crippen LogP contribution in [0, 0.1) is 11.2 Å². The van der Waals surface area contributed by atoms with Gasteiger partial charge in [-0.25, -0.2) is 10.2 Å². The van der Waals surface area contributed by atoms with E-state index in [4.69, 9.17) is 22.3 Å². The summed E-state index contributed by atoms with van der Waals surface area (Å²) in [6.45, 7) is 0.0526. The lowest BCUT2D eigenvalue weighted by atomic mass is 9.41. The van der Waals surface area contributed by atoms with Crippen molar-refractivity contribution in [1.29, 1.82) is 5.26 Å². The minimum absolute atomic E-state index is 0.0526. The fraction of sp³-hybridized carbons (Fsp3) is 0.375. The van der Waals surface area contributed by atoms with Crippen molar-refractivity contribution >= 4 is 29.8 Å². The number of halogens is 1. The van der Waals surface area contributed by atoms with Gasteiger partial charge in [0.1, 0.15) is 10.8 Å². The van der Waals surface area contributed by atoms with Gasteiger partial charge in [-0.05, 0) is 12.3 Å². The minimum atomic E-state index is 0.0526. The molecule has 1 aliphatic rings. The van der Waals surface area contributed by atoms with Crippen LogP contribution < -0.4 is 5.73 Å². The molecule has 9 heteroatoms. The van der Waals surface area contributed by atoms with Crippen molar-refractivity contribution in [3.63, 3.8) is 0 Å². The van der Waals surface area contributed by atoms with E-state index in [9.17, 15) is 5.26 Å². The summed E-state index contributed by atoms with van der Waals surface area (Å²) in [5.74, 6) is 2.91. The van der Waals surface area contributed by atoms with Crippen LogP contribution in [0.4, 0.5) is 5.82 Å². The first-order valence-corrected chi connectivity index (χ1v) is 8.67. The molecule has 0 radical (unpaired) electrons. The molecule has 0 spiro atoms. The zero-order valence-corrected chi connectivity index (χ0v) is 14.6. The van der Waals surface area contributed by atoms with Crippen molar-refractivity contribution < 1.29 is 0 Å². The number of anilines is 1. The summed E-state index contributed by atoms with van der Waals surface area (Å²) in [5.41, 5.74) is 9.47. The second kappa shape index (κ2) is 6.08. The summed E-state index contributed by atoms with van der Waals surface area (Å²) in [6.07, 6.45) is 9.10. The number of nitriles is 1. The van der Waals surface area contributed by atoms with E-state index in [-0.39, 0.29) is 12.6 Å². The Kier molecular flexibility index (Phi) is 3.89. The van der Waals surface area contributed by atoms with Gasteiger partial charge in [0.2, 0.25) is 0 Å². The predicted octanol–water partition coefficient (Wildman–Crippen LogP) is 2.80. The number of hydrogen-bond donors (Lipinski definition) is 1. The Morgan fingerprint density at radius 2 is 2.24 bits per heavy atom. The minimum Gasteiger partial charge on any atom is -0.382 e. The van der Waals surface area contributed by atoms with Crippen molar-refractivity contribution in [3.8, 4) is 17.1 Å². The van der Waals surface area contributed by atoms with Crippen LogP contribution in [-0.2, 0) is 7.05 Å². The Balaban J connectivity index is 1.85. The number of hydrogen-bond acceptors (Lipinski definition) is 5. The number of fused-ring (bicyclic) bond motifs is 1. The Bertz CT molecular complexity index is 986. The molecule has 1 atom stereocenters. The number of nitrogens with zero attached hydrogens (tertiary/aromatic N) is 6. The molecule has 3 aromatic rings. The van der Waals surface area contributed by atoms with E-state index in [0.717, 1.165) is 42.3 Å². The molecule has 0 aromatic carbocycles. The maximum atomic E-state index is 9.26. The van der Waals surface area contributed by atoms with Crippen LogP contribution in [0.2, 0.25) is 17.7 Å². The van der Waals surface area contributed by atoms with Crippen LogP contribution in [0.25, 0.3) is 16.8 Å². The van der Waals surface area contributed by atoms with E-state index in [1.54, 1.807) is 21.6 Å². The van der Waals surface area contributed by atoms with Gasteiger partial charge < -0.3 is 5.73 Å². The second-order valence-electron chi connectivity index (χ2n) is 6.58. The normalized spacial score (nSPS) is 17.8. The van der Waals surface area contributed by atoms with Gasteiger partial charge in [-0.15, -0.1) is 0 Å². The highest BCUT2D eigenvalue weighted by atomic mass is 35.5. The van der Waals surface area contributed by atoms with Gasteiger partial charge in [0.25, 0.3) is 6.71 Å². The second-order valence-corrected chi connectivity index (χ2v) is 6.96. The van der Waals surface area contributed by atoms with E-state index in [0.29, 0.717) is 16.5 Å². The average molecular weight is 354 g/mol. The van der Waals surface area contributed by atoms with E-state index < -0.39 is 0 Å². The van der Waals surface area contributed by atoms with Crippen molar-refractivity contribution in [2.75, 3.05) is 5.73 Å².